The van der Waals surface area contributed by atoms with E-state index in [9.17, 15) is 0 Å². The van der Waals surface area contributed by atoms with Gasteiger partial charge in [0.2, 0.25) is 0 Å². The molecule has 64 valence electrons. The summed E-state index contributed by atoms with van der Waals surface area (Å²) >= 11 is 0. The maximum atomic E-state index is 2.35. The summed E-state index contributed by atoms with van der Waals surface area (Å²) in [5.74, 6) is 0. The molecule has 1 aliphatic rings. The van der Waals surface area contributed by atoms with Gasteiger partial charge in [0.25, 0.3) is 0 Å². The molecule has 1 fully saturated rings. The molecule has 0 amide bonds. The van der Waals surface area contributed by atoms with Crippen LogP contribution in [-0.4, -0.2) is 31.2 Å². The number of hydrogen-bond donors (Lipinski definition) is 0. The van der Waals surface area contributed by atoms with Crippen molar-refractivity contribution in [2.75, 3.05) is 26.7 Å². The number of hydrogen-bond acceptors (Lipinski definition) is 0. The highest BCUT2D eigenvalue weighted by atomic mass is 35.5. The van der Waals surface area contributed by atoms with Crippen molar-refractivity contribution in [3.05, 3.63) is 0 Å². The molecule has 0 spiro atoms. The van der Waals surface area contributed by atoms with Crippen LogP contribution in [0.2, 0.25) is 0 Å². The SMILES string of the molecule is C.CC[N+]1(C)CCCC1.[Cl-]. The third-order valence-electron chi connectivity index (χ3n) is 2.41. The molecule has 2 heteroatoms. The van der Waals surface area contributed by atoms with E-state index in [0.717, 1.165) is 0 Å². The first-order valence-electron chi connectivity index (χ1n) is 3.60. The summed E-state index contributed by atoms with van der Waals surface area (Å²) in [6.45, 7) is 6.43. The quantitative estimate of drug-likeness (QED) is 0.433. The third-order valence-corrected chi connectivity index (χ3v) is 2.41. The maximum absolute atomic E-state index is 2.35. The highest BCUT2D eigenvalue weighted by molar-refractivity contribution is 4.49. The Hall–Kier alpha value is 0.250. The fourth-order valence-corrected chi connectivity index (χ4v) is 1.42. The number of likely N-dealkylation sites (tertiary alicyclic amines) is 1. The van der Waals surface area contributed by atoms with Crippen molar-refractivity contribution in [2.45, 2.75) is 27.2 Å². The molecule has 0 unspecified atom stereocenters. The summed E-state index contributed by atoms with van der Waals surface area (Å²) in [7, 11) is 2.35. The average Bonchev–Trinajstić information content (AvgIpc) is 2.17. The lowest BCUT2D eigenvalue weighted by Gasteiger charge is -2.26. The first-order valence-corrected chi connectivity index (χ1v) is 3.60. The van der Waals surface area contributed by atoms with Gasteiger partial charge in [-0.3, -0.25) is 0 Å². The second-order valence-corrected chi connectivity index (χ2v) is 3.09. The Morgan fingerprint density at radius 3 is 1.80 bits per heavy atom. The van der Waals surface area contributed by atoms with Crippen LogP contribution in [0.25, 0.3) is 0 Å². The molecule has 0 radical (unpaired) electrons. The normalized spacial score (nSPS) is 21.0. The molecule has 0 aliphatic carbocycles. The van der Waals surface area contributed by atoms with Crippen LogP contribution in [0.1, 0.15) is 27.2 Å². The van der Waals surface area contributed by atoms with Gasteiger partial charge in [0.1, 0.15) is 0 Å². The van der Waals surface area contributed by atoms with E-state index in [1.807, 2.05) is 0 Å². The minimum absolute atomic E-state index is 0. The Morgan fingerprint density at radius 2 is 1.60 bits per heavy atom. The molecule has 1 nitrogen and oxygen atoms in total. The molecule has 0 saturated carbocycles. The summed E-state index contributed by atoms with van der Waals surface area (Å²) < 4.78 is 1.32. The fourth-order valence-electron chi connectivity index (χ4n) is 1.42. The van der Waals surface area contributed by atoms with Crippen LogP contribution in [0.4, 0.5) is 0 Å². The zero-order chi connectivity index (χ0) is 6.04. The first-order chi connectivity index (χ1) is 3.77. The molecular formula is C8H20ClN. The van der Waals surface area contributed by atoms with Crippen LogP contribution in [0.15, 0.2) is 0 Å². The van der Waals surface area contributed by atoms with E-state index in [-0.39, 0.29) is 19.8 Å². The van der Waals surface area contributed by atoms with Crippen LogP contribution in [0.3, 0.4) is 0 Å². The summed E-state index contributed by atoms with van der Waals surface area (Å²) in [5, 5.41) is 0. The van der Waals surface area contributed by atoms with Gasteiger partial charge in [0.15, 0.2) is 0 Å². The van der Waals surface area contributed by atoms with E-state index in [1.54, 1.807) is 0 Å². The molecule has 1 rings (SSSR count). The van der Waals surface area contributed by atoms with Gasteiger partial charge in [-0.15, -0.1) is 0 Å². The van der Waals surface area contributed by atoms with Gasteiger partial charge in [-0.05, 0) is 6.92 Å². The summed E-state index contributed by atoms with van der Waals surface area (Å²) in [5.41, 5.74) is 0. The lowest BCUT2D eigenvalue weighted by Crippen LogP contribution is -3.00. The van der Waals surface area contributed by atoms with Crippen molar-refractivity contribution in [3.63, 3.8) is 0 Å². The number of nitrogens with zero attached hydrogens (tertiary/aromatic N) is 1. The summed E-state index contributed by atoms with van der Waals surface area (Å²) in [6, 6.07) is 0. The maximum Gasteiger partial charge on any atom is 0.0786 e. The van der Waals surface area contributed by atoms with E-state index < -0.39 is 0 Å². The molecule has 1 heterocycles. The second-order valence-electron chi connectivity index (χ2n) is 3.09. The van der Waals surface area contributed by atoms with Gasteiger partial charge in [-0.2, -0.15) is 0 Å². The summed E-state index contributed by atoms with van der Waals surface area (Å²) in [4.78, 5) is 0. The molecule has 0 aromatic rings. The van der Waals surface area contributed by atoms with Crippen LogP contribution in [-0.2, 0) is 0 Å². The van der Waals surface area contributed by atoms with E-state index in [2.05, 4.69) is 14.0 Å². The molecule has 10 heavy (non-hydrogen) atoms. The summed E-state index contributed by atoms with van der Waals surface area (Å²) in [6.07, 6.45) is 2.90. The van der Waals surface area contributed by atoms with Crippen LogP contribution < -0.4 is 12.4 Å². The minimum atomic E-state index is 0. The Morgan fingerprint density at radius 1 is 1.20 bits per heavy atom. The molecule has 0 atom stereocenters. The first kappa shape index (κ1) is 12.9. The van der Waals surface area contributed by atoms with Crippen molar-refractivity contribution in [3.8, 4) is 0 Å². The molecule has 1 saturated heterocycles. The lowest BCUT2D eigenvalue weighted by molar-refractivity contribution is -0.895. The van der Waals surface area contributed by atoms with Crippen molar-refractivity contribution >= 4 is 0 Å². The van der Waals surface area contributed by atoms with Gasteiger partial charge in [-0.25, -0.2) is 0 Å². The van der Waals surface area contributed by atoms with Gasteiger partial charge in [0, 0.05) is 12.8 Å². The minimum Gasteiger partial charge on any atom is -1.00 e. The number of halogens is 1. The van der Waals surface area contributed by atoms with Crippen LogP contribution in [0, 0.1) is 0 Å². The van der Waals surface area contributed by atoms with Crippen molar-refractivity contribution in [2.24, 2.45) is 0 Å². The van der Waals surface area contributed by atoms with E-state index >= 15 is 0 Å². The Bertz CT molecular complexity index is 77.3. The third kappa shape index (κ3) is 2.89. The van der Waals surface area contributed by atoms with Crippen LogP contribution >= 0.6 is 0 Å². The zero-order valence-electron chi connectivity index (χ0n) is 6.36. The van der Waals surface area contributed by atoms with E-state index in [0.29, 0.717) is 0 Å². The zero-order valence-corrected chi connectivity index (χ0v) is 7.12. The molecular weight excluding hydrogens is 146 g/mol. The fraction of sp³-hybridized carbons (Fsp3) is 1.00. The van der Waals surface area contributed by atoms with Crippen molar-refractivity contribution in [1.82, 2.24) is 0 Å². The highest BCUT2D eigenvalue weighted by Crippen LogP contribution is 2.14. The molecule has 1 aliphatic heterocycles. The number of quaternary nitrogens is 1. The topological polar surface area (TPSA) is 0 Å². The van der Waals surface area contributed by atoms with Crippen molar-refractivity contribution < 1.29 is 16.9 Å². The predicted octanol–water partition coefficient (Wildman–Crippen LogP) is -1.11. The largest absolute Gasteiger partial charge is 1.00 e. The van der Waals surface area contributed by atoms with Gasteiger partial charge < -0.3 is 16.9 Å². The van der Waals surface area contributed by atoms with Gasteiger partial charge in [0.05, 0.1) is 26.7 Å². The Kier molecular flexibility index (Phi) is 6.41. The molecule has 0 aromatic carbocycles. The van der Waals surface area contributed by atoms with Gasteiger partial charge >= 0.3 is 0 Å². The Balaban J connectivity index is 0. The Labute approximate surface area is 71.4 Å². The van der Waals surface area contributed by atoms with E-state index in [4.69, 9.17) is 0 Å². The van der Waals surface area contributed by atoms with Crippen molar-refractivity contribution in [1.29, 1.82) is 0 Å². The molecule has 0 N–H and O–H groups in total. The predicted molar refractivity (Wildman–Crippen MR) is 42.4 cm³/mol. The molecule has 0 bridgehead atoms. The van der Waals surface area contributed by atoms with Gasteiger partial charge in [-0.1, -0.05) is 7.43 Å². The van der Waals surface area contributed by atoms with E-state index in [1.165, 1.54) is 37.0 Å². The standard InChI is InChI=1S/C7H16N.CH4.ClH/c1-3-8(2)6-4-5-7-8;;/h3-7H2,1-2H3;1H4;1H/q+1;;/p-1. The monoisotopic (exact) mass is 165 g/mol. The smallest absolute Gasteiger partial charge is 0.0786 e. The average molecular weight is 166 g/mol. The van der Waals surface area contributed by atoms with Crippen LogP contribution in [0.5, 0.6) is 0 Å². The number of rotatable bonds is 1. The lowest BCUT2D eigenvalue weighted by atomic mass is 10.4. The highest BCUT2D eigenvalue weighted by Gasteiger charge is 2.23. The second kappa shape index (κ2) is 4.97. The molecule has 0 aromatic heterocycles.